The van der Waals surface area contributed by atoms with E-state index in [0.29, 0.717) is 35.5 Å². The zero-order valence-corrected chi connectivity index (χ0v) is 17.5. The SMILES string of the molecule is CC(=O)N1CCC2(C1)CN(C(=O)Cc1ncc(Cl)s1)c1ccc(COC=O)cc12. The lowest BCUT2D eigenvalue weighted by atomic mass is 9.81. The number of thiazole rings is 1. The van der Waals surface area contributed by atoms with E-state index in [1.54, 1.807) is 18.0 Å². The third kappa shape index (κ3) is 3.74. The predicted molar refractivity (Wildman–Crippen MR) is 109 cm³/mol. The smallest absolute Gasteiger partial charge is 0.293 e. The molecule has 1 aromatic heterocycles. The van der Waals surface area contributed by atoms with E-state index >= 15 is 0 Å². The molecule has 4 rings (SSSR count). The molecule has 7 nitrogen and oxygen atoms in total. The molecule has 1 spiro atoms. The van der Waals surface area contributed by atoms with E-state index in [2.05, 4.69) is 4.98 Å². The summed E-state index contributed by atoms with van der Waals surface area (Å²) in [4.78, 5) is 43.4. The first kappa shape index (κ1) is 19.8. The Bertz CT molecular complexity index is 978. The van der Waals surface area contributed by atoms with Gasteiger partial charge in [-0.2, -0.15) is 0 Å². The van der Waals surface area contributed by atoms with Crippen molar-refractivity contribution in [1.29, 1.82) is 0 Å². The van der Waals surface area contributed by atoms with Gasteiger partial charge in [0.05, 0.1) is 12.6 Å². The van der Waals surface area contributed by atoms with Crippen molar-refractivity contribution < 1.29 is 19.1 Å². The van der Waals surface area contributed by atoms with Crippen molar-refractivity contribution in [2.45, 2.75) is 31.8 Å². The summed E-state index contributed by atoms with van der Waals surface area (Å²) in [6, 6.07) is 5.76. The monoisotopic (exact) mass is 433 g/mol. The molecule has 1 atom stereocenters. The van der Waals surface area contributed by atoms with Crippen LogP contribution in [0, 0.1) is 0 Å². The molecule has 0 saturated carbocycles. The summed E-state index contributed by atoms with van der Waals surface area (Å²) in [5.41, 5.74) is 2.42. The van der Waals surface area contributed by atoms with Gasteiger partial charge in [0.1, 0.15) is 16.0 Å². The average molecular weight is 434 g/mol. The Labute approximate surface area is 177 Å². The molecule has 152 valence electrons. The fourth-order valence-corrected chi connectivity index (χ4v) is 5.19. The highest BCUT2D eigenvalue weighted by Crippen LogP contribution is 2.47. The second kappa shape index (κ2) is 7.76. The van der Waals surface area contributed by atoms with Gasteiger partial charge in [-0.05, 0) is 29.7 Å². The number of carbonyl (C=O) groups excluding carboxylic acids is 3. The zero-order valence-electron chi connectivity index (χ0n) is 15.9. The summed E-state index contributed by atoms with van der Waals surface area (Å²) in [6.07, 6.45) is 2.51. The Balaban J connectivity index is 1.66. The van der Waals surface area contributed by atoms with Crippen LogP contribution in [0.5, 0.6) is 0 Å². The van der Waals surface area contributed by atoms with Crippen molar-refractivity contribution in [1.82, 2.24) is 9.88 Å². The minimum Gasteiger partial charge on any atom is -0.463 e. The largest absolute Gasteiger partial charge is 0.463 e. The average Bonchev–Trinajstić information content (AvgIpc) is 3.39. The number of ether oxygens (including phenoxy) is 1. The van der Waals surface area contributed by atoms with Crippen LogP contribution in [-0.4, -0.2) is 47.8 Å². The quantitative estimate of drug-likeness (QED) is 0.677. The first-order chi connectivity index (χ1) is 13.9. The van der Waals surface area contributed by atoms with Crippen LogP contribution in [0.1, 0.15) is 29.5 Å². The van der Waals surface area contributed by atoms with Crippen LogP contribution < -0.4 is 4.90 Å². The maximum atomic E-state index is 13.1. The first-order valence-corrected chi connectivity index (χ1v) is 10.5. The number of likely N-dealkylation sites (tertiary alicyclic amines) is 1. The number of amides is 2. The van der Waals surface area contributed by atoms with Crippen molar-refractivity contribution in [3.8, 4) is 0 Å². The second-order valence-corrected chi connectivity index (χ2v) is 9.19. The van der Waals surface area contributed by atoms with E-state index in [-0.39, 0.29) is 30.3 Å². The zero-order chi connectivity index (χ0) is 20.6. The first-order valence-electron chi connectivity index (χ1n) is 9.26. The number of fused-ring (bicyclic) bond motifs is 2. The number of carbonyl (C=O) groups is 3. The number of halogens is 1. The molecule has 1 saturated heterocycles. The molecule has 29 heavy (non-hydrogen) atoms. The number of anilines is 1. The highest BCUT2D eigenvalue weighted by atomic mass is 35.5. The third-order valence-corrected chi connectivity index (χ3v) is 6.74. The van der Waals surface area contributed by atoms with E-state index in [4.69, 9.17) is 16.3 Å². The van der Waals surface area contributed by atoms with Crippen LogP contribution in [-0.2, 0) is 37.6 Å². The highest BCUT2D eigenvalue weighted by Gasteiger charge is 2.49. The Morgan fingerprint density at radius 3 is 2.86 bits per heavy atom. The summed E-state index contributed by atoms with van der Waals surface area (Å²) in [7, 11) is 0. The molecule has 0 radical (unpaired) electrons. The molecular weight excluding hydrogens is 414 g/mol. The number of aromatic nitrogens is 1. The molecule has 2 aliphatic rings. The summed E-state index contributed by atoms with van der Waals surface area (Å²) < 4.78 is 5.45. The molecule has 1 unspecified atom stereocenters. The summed E-state index contributed by atoms with van der Waals surface area (Å²) in [5, 5.41) is 0.676. The molecule has 0 aliphatic carbocycles. The van der Waals surface area contributed by atoms with Gasteiger partial charge in [0.15, 0.2) is 0 Å². The molecule has 0 N–H and O–H groups in total. The topological polar surface area (TPSA) is 79.8 Å². The molecule has 1 aromatic carbocycles. The number of nitrogens with zero attached hydrogens (tertiary/aromatic N) is 3. The maximum Gasteiger partial charge on any atom is 0.293 e. The fraction of sp³-hybridized carbons (Fsp3) is 0.400. The van der Waals surface area contributed by atoms with Crippen molar-refractivity contribution >= 4 is 46.9 Å². The van der Waals surface area contributed by atoms with E-state index in [1.165, 1.54) is 11.3 Å². The molecule has 2 aromatic rings. The molecule has 0 bridgehead atoms. The Morgan fingerprint density at radius 1 is 1.38 bits per heavy atom. The minimum atomic E-state index is -0.311. The summed E-state index contributed by atoms with van der Waals surface area (Å²) in [5.74, 6) is -0.0154. The number of benzene rings is 1. The Morgan fingerprint density at radius 2 is 2.21 bits per heavy atom. The molecule has 3 heterocycles. The van der Waals surface area contributed by atoms with Crippen LogP contribution in [0.4, 0.5) is 5.69 Å². The fourth-order valence-electron chi connectivity index (χ4n) is 4.24. The van der Waals surface area contributed by atoms with E-state index in [1.807, 2.05) is 23.1 Å². The van der Waals surface area contributed by atoms with E-state index in [9.17, 15) is 14.4 Å². The molecule has 2 aliphatic heterocycles. The van der Waals surface area contributed by atoms with Crippen LogP contribution in [0.15, 0.2) is 24.4 Å². The Kier molecular flexibility index (Phi) is 5.31. The predicted octanol–water partition coefficient (Wildman–Crippen LogP) is 2.55. The maximum absolute atomic E-state index is 13.1. The van der Waals surface area contributed by atoms with Gasteiger partial charge in [-0.15, -0.1) is 11.3 Å². The van der Waals surface area contributed by atoms with E-state index < -0.39 is 0 Å². The molecule has 9 heteroatoms. The number of rotatable bonds is 5. The lowest BCUT2D eigenvalue weighted by Gasteiger charge is -2.25. The molecular formula is C20H20ClN3O4S. The molecule has 2 amide bonds. The van der Waals surface area contributed by atoms with Crippen LogP contribution >= 0.6 is 22.9 Å². The number of hydrogen-bond donors (Lipinski definition) is 0. The van der Waals surface area contributed by atoms with Crippen LogP contribution in [0.2, 0.25) is 4.34 Å². The van der Waals surface area contributed by atoms with Gasteiger partial charge in [-0.25, -0.2) is 4.98 Å². The normalized spacial score (nSPS) is 20.2. The van der Waals surface area contributed by atoms with Crippen molar-refractivity contribution in [2.24, 2.45) is 0 Å². The highest BCUT2D eigenvalue weighted by molar-refractivity contribution is 7.15. The van der Waals surface area contributed by atoms with Gasteiger partial charge < -0.3 is 14.5 Å². The van der Waals surface area contributed by atoms with Gasteiger partial charge in [0, 0.05) is 37.7 Å². The van der Waals surface area contributed by atoms with E-state index in [0.717, 1.165) is 23.2 Å². The Hall–Kier alpha value is -2.45. The van der Waals surface area contributed by atoms with Crippen molar-refractivity contribution in [2.75, 3.05) is 24.5 Å². The minimum absolute atomic E-state index is 0.0334. The standard InChI is InChI=1S/C20H20ClN3O4S/c1-13(26)23-5-4-20(10-23)11-24(19(27)7-18-22-8-17(21)29-18)16-3-2-14(6-15(16)20)9-28-12-25/h2-3,6,8,12H,4-5,7,9-11H2,1H3. The van der Waals surface area contributed by atoms with Crippen LogP contribution in [0.25, 0.3) is 0 Å². The van der Waals surface area contributed by atoms with Gasteiger partial charge in [-0.1, -0.05) is 17.7 Å². The van der Waals surface area contributed by atoms with Crippen molar-refractivity contribution in [3.63, 3.8) is 0 Å². The van der Waals surface area contributed by atoms with Gasteiger partial charge in [0.25, 0.3) is 6.47 Å². The molecule has 1 fully saturated rings. The summed E-state index contributed by atoms with van der Waals surface area (Å²) in [6.45, 7) is 3.91. The van der Waals surface area contributed by atoms with Gasteiger partial charge in [-0.3, -0.25) is 14.4 Å². The van der Waals surface area contributed by atoms with Crippen molar-refractivity contribution in [3.05, 3.63) is 44.9 Å². The van der Waals surface area contributed by atoms with Gasteiger partial charge in [0.2, 0.25) is 11.8 Å². The third-order valence-electron chi connectivity index (χ3n) is 5.63. The lowest BCUT2D eigenvalue weighted by Crippen LogP contribution is -2.40. The van der Waals surface area contributed by atoms with Crippen LogP contribution in [0.3, 0.4) is 0 Å². The second-order valence-electron chi connectivity index (χ2n) is 7.44. The van der Waals surface area contributed by atoms with Gasteiger partial charge >= 0.3 is 0 Å². The number of hydrogen-bond acceptors (Lipinski definition) is 6. The lowest BCUT2D eigenvalue weighted by molar-refractivity contribution is -0.130. The summed E-state index contributed by atoms with van der Waals surface area (Å²) >= 11 is 7.24.